The van der Waals surface area contributed by atoms with Gasteiger partial charge in [0, 0.05) is 22.9 Å². The highest BCUT2D eigenvalue weighted by atomic mass is 15.0. The monoisotopic (exact) mass is 775 g/mol. The molecule has 0 unspecified atom stereocenters. The van der Waals surface area contributed by atoms with E-state index in [0.29, 0.717) is 5.84 Å². The molecule has 0 aromatic heterocycles. The van der Waals surface area contributed by atoms with Crippen molar-refractivity contribution < 1.29 is 0 Å². The average Bonchev–Trinajstić information content (AvgIpc) is 3.80. The first-order valence-corrected chi connectivity index (χ1v) is 20.8. The molecule has 3 heteroatoms. The molecule has 1 spiro atoms. The summed E-state index contributed by atoms with van der Waals surface area (Å²) in [5.41, 5.74) is 14.0. The highest BCUT2D eigenvalue weighted by molar-refractivity contribution is 6.23. The summed E-state index contributed by atoms with van der Waals surface area (Å²) < 4.78 is 0. The largest absolute Gasteiger partial charge is 0.282 e. The fourth-order valence-electron chi connectivity index (χ4n) is 10.2. The van der Waals surface area contributed by atoms with Crippen LogP contribution in [0.1, 0.15) is 38.9 Å². The molecular weight excluding hydrogens is 739 g/mol. The molecule has 0 amide bonds. The van der Waals surface area contributed by atoms with Gasteiger partial charge < -0.3 is 0 Å². The number of benzene rings is 10. The molecule has 0 bridgehead atoms. The Labute approximate surface area is 354 Å². The van der Waals surface area contributed by atoms with Crippen LogP contribution in [0.5, 0.6) is 0 Å². The molecule has 0 radical (unpaired) electrons. The van der Waals surface area contributed by atoms with Crippen molar-refractivity contribution in [1.29, 1.82) is 5.41 Å². The third kappa shape index (κ3) is 5.27. The molecule has 61 heavy (non-hydrogen) atoms. The van der Waals surface area contributed by atoms with E-state index in [0.717, 1.165) is 55.1 Å². The summed E-state index contributed by atoms with van der Waals surface area (Å²) in [6, 6.07) is 75.4. The molecule has 0 fully saturated rings. The quantitative estimate of drug-likeness (QED) is 0.0801. The van der Waals surface area contributed by atoms with Gasteiger partial charge in [0.15, 0.2) is 11.7 Å². The Bertz CT molecular complexity index is 3420. The lowest BCUT2D eigenvalue weighted by molar-refractivity contribution is 0.791. The van der Waals surface area contributed by atoms with Crippen molar-refractivity contribution in [2.45, 2.75) is 5.41 Å². The Morgan fingerprint density at radius 1 is 0.426 bits per heavy atom. The van der Waals surface area contributed by atoms with Gasteiger partial charge >= 0.3 is 0 Å². The molecule has 284 valence electrons. The fourth-order valence-corrected chi connectivity index (χ4v) is 10.2. The maximum atomic E-state index is 9.62. The van der Waals surface area contributed by atoms with Gasteiger partial charge in [0.2, 0.25) is 0 Å². The number of fused-ring (bicyclic) bond motifs is 14. The van der Waals surface area contributed by atoms with Crippen molar-refractivity contribution in [2.24, 2.45) is 9.98 Å². The maximum absolute atomic E-state index is 9.62. The Balaban J connectivity index is 1.12. The number of nitrogens with zero attached hydrogens (tertiary/aromatic N) is 2. The van der Waals surface area contributed by atoms with Crippen LogP contribution in [0.3, 0.4) is 0 Å². The Hall–Kier alpha value is -8.01. The lowest BCUT2D eigenvalue weighted by Gasteiger charge is -2.32. The van der Waals surface area contributed by atoms with Gasteiger partial charge in [-0.3, -0.25) is 5.41 Å². The number of hydrogen-bond acceptors (Lipinski definition) is 1. The summed E-state index contributed by atoms with van der Waals surface area (Å²) in [4.78, 5) is 10.7. The van der Waals surface area contributed by atoms with Gasteiger partial charge in [0.1, 0.15) is 0 Å². The second-order valence-electron chi connectivity index (χ2n) is 16.0. The third-order valence-electron chi connectivity index (χ3n) is 12.9. The van der Waals surface area contributed by atoms with Gasteiger partial charge in [-0.15, -0.1) is 0 Å². The summed E-state index contributed by atoms with van der Waals surface area (Å²) in [5, 5.41) is 16.6. The molecule has 10 aromatic rings. The molecule has 12 rings (SSSR count). The fraction of sp³-hybridized carbons (Fsp3) is 0.0172. The van der Waals surface area contributed by atoms with Crippen LogP contribution >= 0.6 is 0 Å². The summed E-state index contributed by atoms with van der Waals surface area (Å²) in [6.45, 7) is 0. The molecular formula is C58H37N3. The van der Waals surface area contributed by atoms with E-state index in [9.17, 15) is 5.41 Å². The minimum Gasteiger partial charge on any atom is -0.282 e. The average molecular weight is 776 g/mol. The van der Waals surface area contributed by atoms with Crippen molar-refractivity contribution >= 4 is 50.2 Å². The van der Waals surface area contributed by atoms with Crippen LogP contribution in [0.15, 0.2) is 222 Å². The molecule has 0 atom stereocenters. The van der Waals surface area contributed by atoms with Gasteiger partial charge in [-0.05, 0) is 94.0 Å². The van der Waals surface area contributed by atoms with E-state index in [2.05, 4.69) is 182 Å². The summed E-state index contributed by atoms with van der Waals surface area (Å²) in [6.07, 6.45) is 1.99. The summed E-state index contributed by atoms with van der Waals surface area (Å²) in [7, 11) is 0. The minimum absolute atomic E-state index is 0.148. The van der Waals surface area contributed by atoms with Crippen LogP contribution in [0.2, 0.25) is 0 Å². The minimum atomic E-state index is -0.615. The summed E-state index contributed by atoms with van der Waals surface area (Å²) in [5.74, 6) is 0.639. The normalized spacial score (nSPS) is 13.5. The molecule has 3 nitrogen and oxygen atoms in total. The van der Waals surface area contributed by atoms with Crippen LogP contribution in [-0.2, 0) is 5.41 Å². The van der Waals surface area contributed by atoms with Gasteiger partial charge in [0.25, 0.3) is 0 Å². The highest BCUT2D eigenvalue weighted by Gasteiger charge is 2.52. The van der Waals surface area contributed by atoms with Crippen molar-refractivity contribution in [3.05, 3.63) is 251 Å². The van der Waals surface area contributed by atoms with Crippen LogP contribution in [0, 0.1) is 5.41 Å². The standard InChI is InChI=1S/C58H37N3/c59-56(40-31-29-38(30-32-40)37-15-2-1-3-16-37)61-57(60-36-51-43-20-7-5-18-41(43)35-50-42-19-6-4-17-39(42)33-34-44(50)51)49-25-14-24-48-47-23-10-13-28-54(47)58(55(48)49)52-26-11-8-21-45(52)46-22-9-12-27-53(46)58/h1-36,59H. The van der Waals surface area contributed by atoms with E-state index in [4.69, 9.17) is 9.98 Å². The predicted molar refractivity (Wildman–Crippen MR) is 255 cm³/mol. The van der Waals surface area contributed by atoms with Gasteiger partial charge in [-0.25, -0.2) is 9.98 Å². The molecule has 2 aliphatic carbocycles. The molecule has 0 aliphatic heterocycles. The maximum Gasteiger partial charge on any atom is 0.161 e. The lowest BCUT2D eigenvalue weighted by atomic mass is 9.69. The van der Waals surface area contributed by atoms with E-state index in [1.165, 1.54) is 49.5 Å². The van der Waals surface area contributed by atoms with Crippen molar-refractivity contribution in [2.75, 3.05) is 0 Å². The van der Waals surface area contributed by atoms with E-state index in [1.807, 2.05) is 36.5 Å². The van der Waals surface area contributed by atoms with Crippen LogP contribution in [0.25, 0.3) is 65.7 Å². The first kappa shape index (κ1) is 35.0. The Morgan fingerprint density at radius 3 is 1.69 bits per heavy atom. The van der Waals surface area contributed by atoms with Crippen LogP contribution < -0.4 is 0 Å². The zero-order chi connectivity index (χ0) is 40.5. The van der Waals surface area contributed by atoms with E-state index < -0.39 is 5.41 Å². The van der Waals surface area contributed by atoms with Crippen LogP contribution in [-0.4, -0.2) is 17.9 Å². The van der Waals surface area contributed by atoms with Crippen molar-refractivity contribution in [3.63, 3.8) is 0 Å². The predicted octanol–water partition coefficient (Wildman–Crippen LogP) is 14.0. The lowest BCUT2D eigenvalue weighted by Crippen LogP contribution is -2.28. The van der Waals surface area contributed by atoms with Crippen molar-refractivity contribution in [1.82, 2.24) is 0 Å². The number of rotatable bonds is 4. The van der Waals surface area contributed by atoms with Gasteiger partial charge in [0.05, 0.1) is 5.41 Å². The molecule has 0 heterocycles. The zero-order valence-corrected chi connectivity index (χ0v) is 33.2. The van der Waals surface area contributed by atoms with E-state index in [-0.39, 0.29) is 5.84 Å². The summed E-state index contributed by atoms with van der Waals surface area (Å²) >= 11 is 0. The Kier molecular flexibility index (Phi) is 7.91. The zero-order valence-electron chi connectivity index (χ0n) is 33.2. The third-order valence-corrected chi connectivity index (χ3v) is 12.9. The number of aliphatic imine (C=N–C) groups is 2. The van der Waals surface area contributed by atoms with Crippen molar-refractivity contribution in [3.8, 4) is 33.4 Å². The number of nitrogens with one attached hydrogen (secondary N) is 1. The first-order valence-electron chi connectivity index (χ1n) is 20.8. The van der Waals surface area contributed by atoms with Crippen LogP contribution in [0.4, 0.5) is 0 Å². The number of hydrogen-bond donors (Lipinski definition) is 1. The second-order valence-corrected chi connectivity index (χ2v) is 16.0. The van der Waals surface area contributed by atoms with Gasteiger partial charge in [-0.2, -0.15) is 0 Å². The topological polar surface area (TPSA) is 48.6 Å². The second kappa shape index (κ2) is 13.8. The molecule has 2 aliphatic rings. The van der Waals surface area contributed by atoms with E-state index in [1.54, 1.807) is 0 Å². The first-order chi connectivity index (χ1) is 30.2. The van der Waals surface area contributed by atoms with Gasteiger partial charge in [-0.1, -0.05) is 206 Å². The molecule has 1 N–H and O–H groups in total. The van der Waals surface area contributed by atoms with E-state index >= 15 is 0 Å². The smallest absolute Gasteiger partial charge is 0.161 e. The molecule has 0 saturated carbocycles. The molecule has 10 aromatic carbocycles. The number of amidine groups is 2. The highest BCUT2D eigenvalue weighted by Crippen LogP contribution is 2.63. The Morgan fingerprint density at radius 2 is 0.984 bits per heavy atom. The SMILES string of the molecule is N=C(N=C(N=Cc1c2ccccc2cc2c1ccc1ccccc12)c1cccc2c1C1(c3ccccc3-c3ccccc31)c1ccccc1-2)c1ccc(-c2ccccc2)cc1. The molecule has 0 saturated heterocycles.